The lowest BCUT2D eigenvalue weighted by Gasteiger charge is -2.22. The van der Waals surface area contributed by atoms with Crippen LogP contribution in [0.3, 0.4) is 0 Å². The van der Waals surface area contributed by atoms with Crippen molar-refractivity contribution < 1.29 is 8.83 Å². The molecule has 0 amide bonds. The third kappa shape index (κ3) is 3.50. The minimum absolute atomic E-state index is 0.0660. The number of hydrogen-bond acceptors (Lipinski definition) is 2. The second-order valence-electron chi connectivity index (χ2n) is 14.0. The van der Waals surface area contributed by atoms with Gasteiger partial charge < -0.3 is 8.83 Å². The summed E-state index contributed by atoms with van der Waals surface area (Å²) in [5.74, 6) is 0. The standard InChI is InChI=1S/C47H30O2/c1-47(2)37-19-9-7-17-34(37)44-36(18-11-20-38(44)47)43-31-15-5-3-13-29(31)42(30-14-4-6-16-32(30)43)27-22-23-35-41(26-27)48-40-25-24-33-28-12-8-10-21-39(28)49-46(33)45(35)40/h3-26H,1-2H3. The van der Waals surface area contributed by atoms with Crippen LogP contribution in [0.1, 0.15) is 25.0 Å². The zero-order valence-electron chi connectivity index (χ0n) is 27.2. The molecular formula is C47H30O2. The maximum absolute atomic E-state index is 6.58. The summed E-state index contributed by atoms with van der Waals surface area (Å²) >= 11 is 0. The maximum atomic E-state index is 6.58. The predicted octanol–water partition coefficient (Wildman–Crippen LogP) is 13.4. The number of furan rings is 2. The maximum Gasteiger partial charge on any atom is 0.147 e. The molecule has 0 radical (unpaired) electrons. The second kappa shape index (κ2) is 9.49. The van der Waals surface area contributed by atoms with E-state index in [0.29, 0.717) is 0 Å². The molecule has 10 aromatic rings. The molecular weight excluding hydrogens is 597 g/mol. The molecule has 0 bridgehead atoms. The van der Waals surface area contributed by atoms with Gasteiger partial charge in [-0.05, 0) is 96.4 Å². The van der Waals surface area contributed by atoms with Crippen LogP contribution in [0.5, 0.6) is 0 Å². The Labute approximate surface area is 282 Å². The van der Waals surface area contributed by atoms with Gasteiger partial charge in [-0.25, -0.2) is 0 Å². The minimum atomic E-state index is -0.0660. The van der Waals surface area contributed by atoms with Crippen LogP contribution in [0, 0.1) is 0 Å². The van der Waals surface area contributed by atoms with Crippen molar-refractivity contribution in [3.05, 3.63) is 157 Å². The van der Waals surface area contributed by atoms with Crippen molar-refractivity contribution in [2.24, 2.45) is 0 Å². The van der Waals surface area contributed by atoms with Gasteiger partial charge in [0.2, 0.25) is 0 Å². The number of para-hydroxylation sites is 1. The van der Waals surface area contributed by atoms with E-state index in [1.165, 1.54) is 60.5 Å². The predicted molar refractivity (Wildman–Crippen MR) is 204 cm³/mol. The van der Waals surface area contributed by atoms with E-state index < -0.39 is 0 Å². The summed E-state index contributed by atoms with van der Waals surface area (Å²) in [7, 11) is 0. The molecule has 0 aliphatic heterocycles. The fourth-order valence-electron chi connectivity index (χ4n) is 8.89. The normalized spacial score (nSPS) is 13.7. The second-order valence-corrected chi connectivity index (χ2v) is 14.0. The van der Waals surface area contributed by atoms with Gasteiger partial charge in [0.1, 0.15) is 22.3 Å². The van der Waals surface area contributed by atoms with Crippen molar-refractivity contribution in [1.29, 1.82) is 0 Å². The molecule has 8 aromatic carbocycles. The van der Waals surface area contributed by atoms with Gasteiger partial charge in [0.25, 0.3) is 0 Å². The van der Waals surface area contributed by atoms with Crippen LogP contribution < -0.4 is 0 Å². The van der Waals surface area contributed by atoms with Crippen LogP contribution in [0.15, 0.2) is 154 Å². The summed E-state index contributed by atoms with van der Waals surface area (Å²) in [5.41, 5.74) is 13.8. The average Bonchev–Trinajstić information content (AvgIpc) is 3.78. The summed E-state index contributed by atoms with van der Waals surface area (Å²) < 4.78 is 13.0. The first kappa shape index (κ1) is 26.9. The molecule has 230 valence electrons. The summed E-state index contributed by atoms with van der Waals surface area (Å²) in [6.45, 7) is 4.71. The van der Waals surface area contributed by atoms with Gasteiger partial charge in [0, 0.05) is 21.6 Å². The van der Waals surface area contributed by atoms with Gasteiger partial charge >= 0.3 is 0 Å². The zero-order valence-corrected chi connectivity index (χ0v) is 27.2. The third-order valence-corrected chi connectivity index (χ3v) is 11.1. The van der Waals surface area contributed by atoms with E-state index in [1.54, 1.807) is 0 Å². The monoisotopic (exact) mass is 626 g/mol. The summed E-state index contributed by atoms with van der Waals surface area (Å²) in [4.78, 5) is 0. The Bertz CT molecular complexity index is 2970. The Balaban J connectivity index is 1.20. The van der Waals surface area contributed by atoms with Crippen molar-refractivity contribution in [3.63, 3.8) is 0 Å². The highest BCUT2D eigenvalue weighted by molar-refractivity contribution is 6.25. The Morgan fingerprint density at radius 3 is 1.78 bits per heavy atom. The molecule has 0 fully saturated rings. The molecule has 49 heavy (non-hydrogen) atoms. The van der Waals surface area contributed by atoms with Crippen LogP contribution >= 0.6 is 0 Å². The molecule has 0 unspecified atom stereocenters. The molecule has 0 saturated heterocycles. The fourth-order valence-corrected chi connectivity index (χ4v) is 8.89. The molecule has 0 saturated carbocycles. The van der Waals surface area contributed by atoms with Gasteiger partial charge in [-0.15, -0.1) is 0 Å². The van der Waals surface area contributed by atoms with Crippen LogP contribution in [-0.4, -0.2) is 0 Å². The molecule has 2 nitrogen and oxygen atoms in total. The lowest BCUT2D eigenvalue weighted by atomic mass is 9.80. The van der Waals surface area contributed by atoms with Crippen LogP contribution in [0.2, 0.25) is 0 Å². The Morgan fingerprint density at radius 2 is 1.00 bits per heavy atom. The quantitative estimate of drug-likeness (QED) is 0.178. The van der Waals surface area contributed by atoms with Crippen LogP contribution in [0.25, 0.3) is 98.8 Å². The number of rotatable bonds is 2. The van der Waals surface area contributed by atoms with E-state index in [-0.39, 0.29) is 5.41 Å². The first-order chi connectivity index (χ1) is 24.1. The van der Waals surface area contributed by atoms with E-state index in [0.717, 1.165) is 49.4 Å². The molecule has 2 aromatic heterocycles. The highest BCUT2D eigenvalue weighted by Crippen LogP contribution is 2.54. The van der Waals surface area contributed by atoms with Gasteiger partial charge in [-0.3, -0.25) is 0 Å². The summed E-state index contributed by atoms with van der Waals surface area (Å²) in [6.07, 6.45) is 0. The van der Waals surface area contributed by atoms with Crippen molar-refractivity contribution in [1.82, 2.24) is 0 Å². The molecule has 1 aliphatic rings. The minimum Gasteiger partial charge on any atom is -0.456 e. The Kier molecular flexibility index (Phi) is 5.21. The molecule has 0 spiro atoms. The zero-order chi connectivity index (χ0) is 32.4. The van der Waals surface area contributed by atoms with E-state index in [2.05, 4.69) is 147 Å². The molecule has 2 heteroatoms. The van der Waals surface area contributed by atoms with Gasteiger partial charge in [-0.1, -0.05) is 129 Å². The summed E-state index contributed by atoms with van der Waals surface area (Å²) in [5, 5.41) is 9.29. The number of fused-ring (bicyclic) bond motifs is 12. The van der Waals surface area contributed by atoms with Gasteiger partial charge in [0.15, 0.2) is 0 Å². The highest BCUT2D eigenvalue weighted by atomic mass is 16.3. The number of hydrogen-bond donors (Lipinski definition) is 0. The van der Waals surface area contributed by atoms with Crippen LogP contribution in [-0.2, 0) is 5.41 Å². The first-order valence-corrected chi connectivity index (χ1v) is 17.0. The SMILES string of the molecule is CC1(C)c2ccccc2-c2c(-c3c4ccccc4c(-c4ccc5c(c4)oc4ccc6c7ccccc7oc6c45)c4ccccc34)cccc21. The number of benzene rings is 8. The van der Waals surface area contributed by atoms with E-state index in [1.807, 2.05) is 12.1 Å². The third-order valence-electron chi connectivity index (χ3n) is 11.1. The Morgan fingerprint density at radius 1 is 0.388 bits per heavy atom. The van der Waals surface area contributed by atoms with E-state index in [9.17, 15) is 0 Å². The lowest BCUT2D eigenvalue weighted by molar-refractivity contribution is 0.660. The van der Waals surface area contributed by atoms with Crippen molar-refractivity contribution >= 4 is 65.4 Å². The fraction of sp³-hybridized carbons (Fsp3) is 0.0638. The van der Waals surface area contributed by atoms with E-state index in [4.69, 9.17) is 8.83 Å². The van der Waals surface area contributed by atoms with Crippen molar-refractivity contribution in [3.8, 4) is 33.4 Å². The lowest BCUT2D eigenvalue weighted by Crippen LogP contribution is -2.14. The largest absolute Gasteiger partial charge is 0.456 e. The topological polar surface area (TPSA) is 26.3 Å². The van der Waals surface area contributed by atoms with Crippen molar-refractivity contribution in [2.75, 3.05) is 0 Å². The Hall–Kier alpha value is -6.12. The average molecular weight is 627 g/mol. The van der Waals surface area contributed by atoms with E-state index >= 15 is 0 Å². The molecule has 0 atom stereocenters. The molecule has 0 N–H and O–H groups in total. The first-order valence-electron chi connectivity index (χ1n) is 17.0. The molecule has 11 rings (SSSR count). The highest BCUT2D eigenvalue weighted by Gasteiger charge is 2.37. The van der Waals surface area contributed by atoms with Gasteiger partial charge in [0.05, 0.1) is 5.39 Å². The smallest absolute Gasteiger partial charge is 0.147 e. The van der Waals surface area contributed by atoms with Crippen LogP contribution in [0.4, 0.5) is 0 Å². The van der Waals surface area contributed by atoms with Gasteiger partial charge in [-0.2, -0.15) is 0 Å². The molecule has 2 heterocycles. The summed E-state index contributed by atoms with van der Waals surface area (Å²) in [6, 6.07) is 52.8. The molecule has 1 aliphatic carbocycles. The van der Waals surface area contributed by atoms with Crippen molar-refractivity contribution in [2.45, 2.75) is 19.3 Å².